The van der Waals surface area contributed by atoms with Gasteiger partial charge in [-0.25, -0.2) is 0 Å². The number of hydrogen-bond donors (Lipinski definition) is 3. The van der Waals surface area contributed by atoms with Gasteiger partial charge >= 0.3 is 0 Å². The minimum absolute atomic E-state index is 0.0394. The molecule has 4 nitrogen and oxygen atoms in total. The lowest BCUT2D eigenvalue weighted by Gasteiger charge is -2.22. The van der Waals surface area contributed by atoms with Crippen LogP contribution in [0.5, 0.6) is 5.75 Å². The van der Waals surface area contributed by atoms with Crippen LogP contribution >= 0.6 is 0 Å². The van der Waals surface area contributed by atoms with Crippen molar-refractivity contribution >= 4 is 0 Å². The highest BCUT2D eigenvalue weighted by Crippen LogP contribution is 2.18. The molecule has 0 aromatic heterocycles. The number of para-hydroxylation sites is 1. The van der Waals surface area contributed by atoms with E-state index < -0.39 is 6.10 Å². The molecule has 4 heteroatoms. The zero-order valence-corrected chi connectivity index (χ0v) is 11.3. The van der Waals surface area contributed by atoms with Crippen molar-refractivity contribution in [2.24, 2.45) is 0 Å². The Kier molecular flexibility index (Phi) is 5.59. The predicted molar refractivity (Wildman–Crippen MR) is 71.6 cm³/mol. The van der Waals surface area contributed by atoms with E-state index in [0.717, 1.165) is 11.3 Å². The van der Waals surface area contributed by atoms with Crippen molar-refractivity contribution in [1.29, 1.82) is 0 Å². The monoisotopic (exact) mass is 253 g/mol. The molecule has 1 aromatic rings. The number of ether oxygens (including phenoxy) is 1. The summed E-state index contributed by atoms with van der Waals surface area (Å²) < 4.78 is 5.51. The molecule has 0 radical (unpaired) electrons. The number of nitrogens with one attached hydrogen (secondary N) is 1. The highest BCUT2D eigenvalue weighted by molar-refractivity contribution is 5.33. The average molecular weight is 253 g/mol. The first-order chi connectivity index (χ1) is 8.42. The Balaban J connectivity index is 2.62. The molecule has 1 atom stereocenters. The van der Waals surface area contributed by atoms with Crippen molar-refractivity contribution in [1.82, 2.24) is 5.32 Å². The van der Waals surface area contributed by atoms with Crippen LogP contribution in [-0.4, -0.2) is 35.1 Å². The Morgan fingerprint density at radius 3 is 2.56 bits per heavy atom. The molecule has 0 spiro atoms. The van der Waals surface area contributed by atoms with Gasteiger partial charge in [0, 0.05) is 17.6 Å². The van der Waals surface area contributed by atoms with E-state index in [2.05, 4.69) is 26.1 Å². The van der Waals surface area contributed by atoms with Gasteiger partial charge in [0.1, 0.15) is 18.5 Å². The third-order valence-electron chi connectivity index (χ3n) is 2.42. The molecule has 0 aliphatic rings. The molecular weight excluding hydrogens is 230 g/mol. The molecule has 0 saturated heterocycles. The summed E-state index contributed by atoms with van der Waals surface area (Å²) in [5, 5.41) is 21.4. The third kappa shape index (κ3) is 5.49. The van der Waals surface area contributed by atoms with Crippen LogP contribution < -0.4 is 10.1 Å². The van der Waals surface area contributed by atoms with Crippen molar-refractivity contribution in [3.05, 3.63) is 29.8 Å². The van der Waals surface area contributed by atoms with E-state index in [1.165, 1.54) is 0 Å². The quantitative estimate of drug-likeness (QED) is 0.715. The highest BCUT2D eigenvalue weighted by atomic mass is 16.5. The first-order valence-corrected chi connectivity index (χ1v) is 6.17. The van der Waals surface area contributed by atoms with Crippen LogP contribution in [0.4, 0.5) is 0 Å². The molecule has 102 valence electrons. The standard InChI is InChI=1S/C14H23NO3/c1-14(2,3)15-8-11-6-4-5-7-13(11)18-10-12(17)9-16/h4-7,12,15-17H,8-10H2,1-3H3. The van der Waals surface area contributed by atoms with Crippen molar-refractivity contribution in [2.75, 3.05) is 13.2 Å². The lowest BCUT2D eigenvalue weighted by Crippen LogP contribution is -2.35. The van der Waals surface area contributed by atoms with Gasteiger partial charge in [-0.05, 0) is 26.8 Å². The number of aliphatic hydroxyl groups excluding tert-OH is 2. The number of rotatable bonds is 6. The number of hydrogen-bond acceptors (Lipinski definition) is 4. The fourth-order valence-corrected chi connectivity index (χ4v) is 1.39. The molecule has 18 heavy (non-hydrogen) atoms. The Morgan fingerprint density at radius 2 is 1.94 bits per heavy atom. The molecule has 0 fully saturated rings. The molecule has 0 bridgehead atoms. The maximum Gasteiger partial charge on any atom is 0.123 e. The van der Waals surface area contributed by atoms with Crippen LogP contribution in [0.25, 0.3) is 0 Å². The summed E-state index contributed by atoms with van der Waals surface area (Å²) in [6, 6.07) is 7.69. The van der Waals surface area contributed by atoms with Crippen LogP contribution in [0.1, 0.15) is 26.3 Å². The Hall–Kier alpha value is -1.10. The Morgan fingerprint density at radius 1 is 1.28 bits per heavy atom. The minimum Gasteiger partial charge on any atom is -0.490 e. The molecular formula is C14H23NO3. The van der Waals surface area contributed by atoms with Crippen molar-refractivity contribution in [3.63, 3.8) is 0 Å². The topological polar surface area (TPSA) is 61.7 Å². The van der Waals surface area contributed by atoms with Crippen LogP contribution in [0, 0.1) is 0 Å². The highest BCUT2D eigenvalue weighted by Gasteiger charge is 2.11. The van der Waals surface area contributed by atoms with Gasteiger partial charge in [0.2, 0.25) is 0 Å². The van der Waals surface area contributed by atoms with E-state index in [9.17, 15) is 5.11 Å². The summed E-state index contributed by atoms with van der Waals surface area (Å²) in [4.78, 5) is 0. The van der Waals surface area contributed by atoms with Crippen LogP contribution in [-0.2, 0) is 6.54 Å². The van der Waals surface area contributed by atoms with Crippen molar-refractivity contribution in [3.8, 4) is 5.75 Å². The zero-order chi connectivity index (χ0) is 13.6. The van der Waals surface area contributed by atoms with E-state index in [1.54, 1.807) is 0 Å². The van der Waals surface area contributed by atoms with Gasteiger partial charge < -0.3 is 20.3 Å². The predicted octanol–water partition coefficient (Wildman–Crippen LogP) is 1.31. The molecule has 1 aromatic carbocycles. The van der Waals surface area contributed by atoms with Crippen LogP contribution in [0.2, 0.25) is 0 Å². The third-order valence-corrected chi connectivity index (χ3v) is 2.42. The smallest absolute Gasteiger partial charge is 0.123 e. The van der Waals surface area contributed by atoms with Crippen molar-refractivity contribution in [2.45, 2.75) is 39.0 Å². The molecule has 0 aliphatic heterocycles. The van der Waals surface area contributed by atoms with Gasteiger partial charge in [0.25, 0.3) is 0 Å². The summed E-state index contributed by atoms with van der Waals surface area (Å²) in [7, 11) is 0. The van der Waals surface area contributed by atoms with Crippen LogP contribution in [0.15, 0.2) is 24.3 Å². The van der Waals surface area contributed by atoms with E-state index >= 15 is 0 Å². The zero-order valence-electron chi connectivity index (χ0n) is 11.3. The largest absolute Gasteiger partial charge is 0.490 e. The minimum atomic E-state index is -0.839. The summed E-state index contributed by atoms with van der Waals surface area (Å²) in [5.74, 6) is 0.738. The molecule has 1 rings (SSSR count). The molecule has 0 heterocycles. The molecule has 0 aliphatic carbocycles. The van der Waals surface area contributed by atoms with Gasteiger partial charge in [-0.3, -0.25) is 0 Å². The second-order valence-electron chi connectivity index (χ2n) is 5.36. The van der Waals surface area contributed by atoms with E-state index in [4.69, 9.17) is 9.84 Å². The molecule has 1 unspecified atom stereocenters. The fraction of sp³-hybridized carbons (Fsp3) is 0.571. The summed E-state index contributed by atoms with van der Waals surface area (Å²) >= 11 is 0. The first kappa shape index (κ1) is 15.0. The van der Waals surface area contributed by atoms with Crippen molar-refractivity contribution < 1.29 is 14.9 Å². The lowest BCUT2D eigenvalue weighted by molar-refractivity contribution is 0.0532. The number of benzene rings is 1. The Labute approximate surface area is 109 Å². The maximum absolute atomic E-state index is 9.28. The Bertz CT molecular complexity index is 360. The molecule has 3 N–H and O–H groups in total. The molecule has 0 saturated carbocycles. The van der Waals surface area contributed by atoms with Gasteiger partial charge in [-0.1, -0.05) is 18.2 Å². The van der Waals surface area contributed by atoms with Gasteiger partial charge in [0.15, 0.2) is 0 Å². The number of aliphatic hydroxyl groups is 2. The van der Waals surface area contributed by atoms with Crippen LogP contribution in [0.3, 0.4) is 0 Å². The van der Waals surface area contributed by atoms with E-state index in [-0.39, 0.29) is 18.8 Å². The summed E-state index contributed by atoms with van der Waals surface area (Å²) in [6.07, 6.45) is -0.839. The fourth-order valence-electron chi connectivity index (χ4n) is 1.39. The van der Waals surface area contributed by atoms with Gasteiger partial charge in [-0.2, -0.15) is 0 Å². The summed E-state index contributed by atoms with van der Waals surface area (Å²) in [5.41, 5.74) is 1.08. The van der Waals surface area contributed by atoms with E-state index in [1.807, 2.05) is 24.3 Å². The van der Waals surface area contributed by atoms with Gasteiger partial charge in [0.05, 0.1) is 6.61 Å². The molecule has 0 amide bonds. The SMILES string of the molecule is CC(C)(C)NCc1ccccc1OCC(O)CO. The van der Waals surface area contributed by atoms with Gasteiger partial charge in [-0.15, -0.1) is 0 Å². The second kappa shape index (κ2) is 6.73. The second-order valence-corrected chi connectivity index (χ2v) is 5.36. The maximum atomic E-state index is 9.28. The normalized spacial score (nSPS) is 13.4. The first-order valence-electron chi connectivity index (χ1n) is 6.17. The lowest BCUT2D eigenvalue weighted by atomic mass is 10.1. The average Bonchev–Trinajstić information content (AvgIpc) is 2.33. The van der Waals surface area contributed by atoms with E-state index in [0.29, 0.717) is 6.54 Å². The summed E-state index contributed by atoms with van der Waals surface area (Å²) in [6.45, 7) is 6.82.